The molecule has 5 nitrogen and oxygen atoms in total. The van der Waals surface area contributed by atoms with E-state index in [4.69, 9.17) is 19.4 Å². The normalized spacial score (nSPS) is 11.6. The Morgan fingerprint density at radius 2 is 0.940 bits per heavy atom. The van der Waals surface area contributed by atoms with Gasteiger partial charge >= 0.3 is 0 Å². The molecule has 0 N–H and O–H groups in total. The summed E-state index contributed by atoms with van der Waals surface area (Å²) in [4.78, 5) is 14.7. The molecule has 234 valence electrons. The Morgan fingerprint density at radius 3 is 1.66 bits per heavy atom. The molecule has 0 spiro atoms. The predicted molar refractivity (Wildman–Crippen MR) is 203 cm³/mol. The lowest BCUT2D eigenvalue weighted by Crippen LogP contribution is -2.00. The van der Waals surface area contributed by atoms with E-state index < -0.39 is 0 Å². The van der Waals surface area contributed by atoms with Crippen LogP contribution in [0.15, 0.2) is 174 Å². The van der Waals surface area contributed by atoms with Gasteiger partial charge in [0.2, 0.25) is 0 Å². The maximum Gasteiger partial charge on any atom is 0.164 e. The summed E-state index contributed by atoms with van der Waals surface area (Å²) in [6, 6.07) is 58.6. The van der Waals surface area contributed by atoms with Gasteiger partial charge in [-0.2, -0.15) is 0 Å². The number of nitrogens with zero attached hydrogens (tertiary/aromatic N) is 4. The molecule has 0 radical (unpaired) electrons. The van der Waals surface area contributed by atoms with Gasteiger partial charge in [-0.05, 0) is 47.5 Å². The molecular formula is C45H28N4O. The maximum absolute atomic E-state index is 6.54. The predicted octanol–water partition coefficient (Wildman–Crippen LogP) is 11.5. The molecule has 10 aromatic rings. The van der Waals surface area contributed by atoms with Crippen molar-refractivity contribution in [2.75, 3.05) is 0 Å². The monoisotopic (exact) mass is 640 g/mol. The van der Waals surface area contributed by atoms with Crippen molar-refractivity contribution in [3.8, 4) is 51.0 Å². The van der Waals surface area contributed by atoms with Crippen LogP contribution in [0, 0.1) is 0 Å². The minimum absolute atomic E-state index is 0.635. The van der Waals surface area contributed by atoms with Gasteiger partial charge in [0.05, 0.1) is 11.0 Å². The largest absolute Gasteiger partial charge is 0.454 e. The van der Waals surface area contributed by atoms with Crippen LogP contribution in [0.3, 0.4) is 0 Å². The molecule has 0 atom stereocenters. The number of furan rings is 1. The number of hydrogen-bond acceptors (Lipinski definition) is 4. The molecule has 0 aliphatic rings. The minimum Gasteiger partial charge on any atom is -0.454 e. The molecule has 0 bridgehead atoms. The zero-order chi connectivity index (χ0) is 33.0. The highest BCUT2D eigenvalue weighted by Crippen LogP contribution is 2.40. The molecule has 0 amide bonds. The lowest BCUT2D eigenvalue weighted by molar-refractivity contribution is 0.671. The van der Waals surface area contributed by atoms with Crippen LogP contribution in [-0.4, -0.2) is 19.5 Å². The van der Waals surface area contributed by atoms with Crippen molar-refractivity contribution in [1.82, 2.24) is 19.5 Å². The molecule has 0 aliphatic heterocycles. The van der Waals surface area contributed by atoms with Crippen molar-refractivity contribution in [3.05, 3.63) is 170 Å². The molecular weight excluding hydrogens is 613 g/mol. The Balaban J connectivity index is 1.08. The number of rotatable bonds is 5. The summed E-state index contributed by atoms with van der Waals surface area (Å²) in [5.41, 5.74) is 10.1. The first-order valence-electron chi connectivity index (χ1n) is 16.7. The second kappa shape index (κ2) is 11.4. The van der Waals surface area contributed by atoms with Gasteiger partial charge in [-0.3, -0.25) is 0 Å². The fraction of sp³-hybridized carbons (Fsp3) is 0. The molecule has 0 unspecified atom stereocenters. The molecule has 3 heterocycles. The second-order valence-electron chi connectivity index (χ2n) is 12.5. The lowest BCUT2D eigenvalue weighted by atomic mass is 10.0. The van der Waals surface area contributed by atoms with E-state index in [2.05, 4.69) is 102 Å². The summed E-state index contributed by atoms with van der Waals surface area (Å²) in [6.07, 6.45) is 0. The zero-order valence-corrected chi connectivity index (χ0v) is 26.9. The van der Waals surface area contributed by atoms with Crippen molar-refractivity contribution in [2.45, 2.75) is 0 Å². The van der Waals surface area contributed by atoms with Crippen LogP contribution in [0.2, 0.25) is 0 Å². The average Bonchev–Trinajstić information content (AvgIpc) is 3.75. The third-order valence-electron chi connectivity index (χ3n) is 9.46. The number of hydrogen-bond donors (Lipinski definition) is 0. The maximum atomic E-state index is 6.54. The van der Waals surface area contributed by atoms with Crippen molar-refractivity contribution in [1.29, 1.82) is 0 Å². The van der Waals surface area contributed by atoms with E-state index in [0.29, 0.717) is 17.5 Å². The fourth-order valence-electron chi connectivity index (χ4n) is 7.08. The molecule has 10 rings (SSSR count). The van der Waals surface area contributed by atoms with Gasteiger partial charge in [-0.1, -0.05) is 133 Å². The van der Waals surface area contributed by atoms with Crippen LogP contribution in [0.4, 0.5) is 0 Å². The van der Waals surface area contributed by atoms with E-state index in [1.54, 1.807) is 0 Å². The van der Waals surface area contributed by atoms with E-state index in [0.717, 1.165) is 66.5 Å². The Labute approximate surface area is 287 Å². The zero-order valence-electron chi connectivity index (χ0n) is 26.9. The van der Waals surface area contributed by atoms with E-state index in [9.17, 15) is 0 Å². The van der Waals surface area contributed by atoms with Gasteiger partial charge in [0.1, 0.15) is 5.58 Å². The van der Waals surface area contributed by atoms with Crippen molar-refractivity contribution >= 4 is 43.7 Å². The third-order valence-corrected chi connectivity index (χ3v) is 9.46. The molecule has 0 saturated carbocycles. The SMILES string of the molecule is c1ccc(-c2nc(-c3ccccc3)nc(-c3cccc(-c4ccc(-n5c6ccccc6c6ccc7c8ccccc8oc7c65)cc4)c3)n2)cc1. The van der Waals surface area contributed by atoms with Gasteiger partial charge in [0, 0.05) is 43.9 Å². The first-order valence-corrected chi connectivity index (χ1v) is 16.7. The van der Waals surface area contributed by atoms with E-state index in [1.807, 2.05) is 72.8 Å². The molecule has 5 heteroatoms. The Hall–Kier alpha value is -6.85. The van der Waals surface area contributed by atoms with Crippen LogP contribution in [-0.2, 0) is 0 Å². The summed E-state index contributed by atoms with van der Waals surface area (Å²) >= 11 is 0. The van der Waals surface area contributed by atoms with Gasteiger partial charge in [-0.25, -0.2) is 15.0 Å². The number of benzene rings is 7. The summed E-state index contributed by atoms with van der Waals surface area (Å²) in [5, 5.41) is 4.62. The van der Waals surface area contributed by atoms with Gasteiger partial charge in [0.15, 0.2) is 23.1 Å². The highest BCUT2D eigenvalue weighted by Gasteiger charge is 2.19. The molecule has 0 saturated heterocycles. The van der Waals surface area contributed by atoms with Gasteiger partial charge in [0.25, 0.3) is 0 Å². The Kier molecular flexibility index (Phi) is 6.42. The fourth-order valence-corrected chi connectivity index (χ4v) is 7.08. The Morgan fingerprint density at radius 1 is 0.380 bits per heavy atom. The molecule has 50 heavy (non-hydrogen) atoms. The molecule has 0 fully saturated rings. The van der Waals surface area contributed by atoms with Gasteiger partial charge in [-0.15, -0.1) is 0 Å². The third kappa shape index (κ3) is 4.60. The average molecular weight is 641 g/mol. The molecule has 0 aliphatic carbocycles. The highest BCUT2D eigenvalue weighted by molar-refractivity contribution is 6.21. The first kappa shape index (κ1) is 28.2. The van der Waals surface area contributed by atoms with Crippen LogP contribution in [0.1, 0.15) is 0 Å². The smallest absolute Gasteiger partial charge is 0.164 e. The second-order valence-corrected chi connectivity index (χ2v) is 12.5. The topological polar surface area (TPSA) is 56.7 Å². The van der Waals surface area contributed by atoms with Crippen LogP contribution < -0.4 is 0 Å². The van der Waals surface area contributed by atoms with Gasteiger partial charge < -0.3 is 8.98 Å². The Bertz CT molecular complexity index is 2800. The quantitative estimate of drug-likeness (QED) is 0.188. The summed E-state index contributed by atoms with van der Waals surface area (Å²) in [6.45, 7) is 0. The van der Waals surface area contributed by atoms with Crippen molar-refractivity contribution in [3.63, 3.8) is 0 Å². The standard InChI is InChI=1S/C45H28N4O/c1-3-12-30(13-4-1)43-46-44(31-14-5-2-6-15-31)48-45(47-43)33-17-11-16-32(28-33)29-22-24-34(25-23-29)49-39-20-9-7-18-35(39)37-26-27-38-36-19-8-10-21-40(36)50-42(38)41(37)49/h1-28H. The number of fused-ring (bicyclic) bond motifs is 7. The van der Waals surface area contributed by atoms with Crippen LogP contribution in [0.5, 0.6) is 0 Å². The number of para-hydroxylation sites is 2. The first-order chi connectivity index (χ1) is 24.8. The van der Waals surface area contributed by atoms with Crippen LogP contribution in [0.25, 0.3) is 94.7 Å². The van der Waals surface area contributed by atoms with Crippen LogP contribution >= 0.6 is 0 Å². The van der Waals surface area contributed by atoms with Crippen molar-refractivity contribution in [2.24, 2.45) is 0 Å². The molecule has 7 aromatic carbocycles. The molecule has 3 aromatic heterocycles. The number of aromatic nitrogens is 4. The van der Waals surface area contributed by atoms with E-state index >= 15 is 0 Å². The van der Waals surface area contributed by atoms with Crippen molar-refractivity contribution < 1.29 is 4.42 Å². The summed E-state index contributed by atoms with van der Waals surface area (Å²) < 4.78 is 8.87. The highest BCUT2D eigenvalue weighted by atomic mass is 16.3. The lowest BCUT2D eigenvalue weighted by Gasteiger charge is -2.11. The van der Waals surface area contributed by atoms with E-state index in [1.165, 1.54) is 10.8 Å². The summed E-state index contributed by atoms with van der Waals surface area (Å²) in [5.74, 6) is 1.93. The summed E-state index contributed by atoms with van der Waals surface area (Å²) in [7, 11) is 0. The van der Waals surface area contributed by atoms with E-state index in [-0.39, 0.29) is 0 Å². The minimum atomic E-state index is 0.635.